The first kappa shape index (κ1) is 24.1. The number of hydrogen-bond acceptors (Lipinski definition) is 4. The van der Waals surface area contributed by atoms with Crippen LogP contribution in [-0.2, 0) is 0 Å². The first-order valence-corrected chi connectivity index (χ1v) is 13.8. The number of aromatic nitrogens is 3. The van der Waals surface area contributed by atoms with E-state index in [1.165, 1.54) is 25.7 Å². The number of hydrogen-bond donors (Lipinski definition) is 1. The third kappa shape index (κ3) is 4.74. The molecule has 5 nitrogen and oxygen atoms in total. The van der Waals surface area contributed by atoms with Crippen molar-refractivity contribution in [3.63, 3.8) is 0 Å². The summed E-state index contributed by atoms with van der Waals surface area (Å²) in [6, 6.07) is 11.1. The number of piperidine rings is 1. The molecule has 0 spiro atoms. The normalized spacial score (nSPS) is 22.5. The fourth-order valence-electron chi connectivity index (χ4n) is 5.75. The molecule has 3 heterocycles. The molecule has 5 rings (SSSR count). The molecule has 1 N–H and O–H groups in total. The fraction of sp³-hybridized carbons (Fsp3) is 0.556. The Bertz CT molecular complexity index is 1150. The van der Waals surface area contributed by atoms with Gasteiger partial charge in [-0.25, -0.2) is 4.98 Å². The van der Waals surface area contributed by atoms with Crippen LogP contribution in [0, 0.1) is 11.3 Å². The topological polar surface area (TPSA) is 45.5 Å². The monoisotopic (exact) mass is 543 g/mol. The number of anilines is 1. The summed E-state index contributed by atoms with van der Waals surface area (Å²) in [6.45, 7) is 9.58. The highest BCUT2D eigenvalue weighted by Crippen LogP contribution is 2.43. The molecule has 7 heteroatoms. The minimum atomic E-state index is 0.424. The molecule has 0 amide bonds. The van der Waals surface area contributed by atoms with Crippen LogP contribution < -0.4 is 5.32 Å². The third-order valence-electron chi connectivity index (χ3n) is 8.40. The Kier molecular flexibility index (Phi) is 6.93. The van der Waals surface area contributed by atoms with Gasteiger partial charge in [0.1, 0.15) is 5.82 Å². The van der Waals surface area contributed by atoms with E-state index in [-0.39, 0.29) is 0 Å². The van der Waals surface area contributed by atoms with Gasteiger partial charge in [0.15, 0.2) is 5.65 Å². The second-order valence-corrected chi connectivity index (χ2v) is 12.0. The Morgan fingerprint density at radius 3 is 2.65 bits per heavy atom. The number of fused-ring (bicyclic) bond motifs is 1. The van der Waals surface area contributed by atoms with Crippen molar-refractivity contribution in [2.45, 2.75) is 71.4 Å². The van der Waals surface area contributed by atoms with E-state index in [1.54, 1.807) is 6.20 Å². The number of likely N-dealkylation sites (tertiary alicyclic amines) is 1. The first-order valence-electron chi connectivity index (χ1n) is 12.7. The Labute approximate surface area is 216 Å². The summed E-state index contributed by atoms with van der Waals surface area (Å²) in [5.74, 6) is 1.83. The Balaban J connectivity index is 1.29. The minimum Gasteiger partial charge on any atom is -0.367 e. The molecule has 0 radical (unpaired) electrons. The third-order valence-corrected chi connectivity index (χ3v) is 9.29. The average Bonchev–Trinajstić information content (AvgIpc) is 3.48. The van der Waals surface area contributed by atoms with Crippen LogP contribution in [0.1, 0.15) is 59.3 Å². The second kappa shape index (κ2) is 9.79. The molecule has 2 fully saturated rings. The molecule has 1 aliphatic carbocycles. The van der Waals surface area contributed by atoms with Crippen molar-refractivity contribution in [2.75, 3.05) is 18.4 Å². The molecule has 0 bridgehead atoms. The molecule has 3 aromatic rings. The van der Waals surface area contributed by atoms with Crippen molar-refractivity contribution >= 4 is 39.0 Å². The SMILES string of the molecule is CCC(C)(C)C1CCC(N2CCC(Nc3cc(-c4ccccc4Cl)nc4c(Br)cnn34)CC2)C1. The molecule has 2 atom stereocenters. The molecular formula is C27H35BrClN5. The van der Waals surface area contributed by atoms with Crippen molar-refractivity contribution in [1.29, 1.82) is 0 Å². The molecule has 2 unspecified atom stereocenters. The number of benzene rings is 1. The molecule has 34 heavy (non-hydrogen) atoms. The Hall–Kier alpha value is -1.63. The van der Waals surface area contributed by atoms with Crippen molar-refractivity contribution < 1.29 is 0 Å². The van der Waals surface area contributed by atoms with Crippen LogP contribution in [0.25, 0.3) is 16.9 Å². The lowest BCUT2D eigenvalue weighted by molar-refractivity contribution is 0.140. The van der Waals surface area contributed by atoms with E-state index in [4.69, 9.17) is 16.6 Å². The van der Waals surface area contributed by atoms with E-state index >= 15 is 0 Å². The zero-order chi connectivity index (χ0) is 23.9. The van der Waals surface area contributed by atoms with Gasteiger partial charge in [-0.3, -0.25) is 0 Å². The number of halogens is 2. The highest BCUT2D eigenvalue weighted by atomic mass is 79.9. The average molecular weight is 545 g/mol. The van der Waals surface area contributed by atoms with Crippen LogP contribution in [0.3, 0.4) is 0 Å². The Morgan fingerprint density at radius 1 is 1.15 bits per heavy atom. The van der Waals surface area contributed by atoms with Gasteiger partial charge in [-0.2, -0.15) is 9.61 Å². The summed E-state index contributed by atoms with van der Waals surface area (Å²) in [7, 11) is 0. The van der Waals surface area contributed by atoms with Crippen LogP contribution in [0.2, 0.25) is 5.02 Å². The molecular weight excluding hydrogens is 510 g/mol. The summed E-state index contributed by atoms with van der Waals surface area (Å²) in [6.07, 6.45) is 9.49. The van der Waals surface area contributed by atoms with Crippen LogP contribution in [0.15, 0.2) is 41.0 Å². The van der Waals surface area contributed by atoms with Gasteiger partial charge >= 0.3 is 0 Å². The van der Waals surface area contributed by atoms with Crippen LogP contribution in [-0.4, -0.2) is 44.7 Å². The van der Waals surface area contributed by atoms with Gasteiger partial charge in [0, 0.05) is 41.8 Å². The molecule has 2 aliphatic rings. The van der Waals surface area contributed by atoms with Crippen LogP contribution >= 0.6 is 27.5 Å². The standard InChI is InChI=1S/C27H35BrClN5/c1-4-27(2,3)18-9-10-20(15-18)33-13-11-19(12-14-33)31-25-16-24(21-7-5-6-8-23(21)29)32-26-22(28)17-30-34(25)26/h5-8,16-20,31H,4,9-15H2,1-3H3. The van der Waals surface area contributed by atoms with E-state index in [2.05, 4.69) is 58.1 Å². The van der Waals surface area contributed by atoms with Gasteiger partial charge in [-0.05, 0) is 65.4 Å². The molecule has 1 aromatic carbocycles. The molecule has 2 aromatic heterocycles. The number of rotatable bonds is 6. The maximum Gasteiger partial charge on any atom is 0.172 e. The summed E-state index contributed by atoms with van der Waals surface area (Å²) < 4.78 is 2.77. The van der Waals surface area contributed by atoms with E-state index < -0.39 is 0 Å². The van der Waals surface area contributed by atoms with Gasteiger partial charge < -0.3 is 10.2 Å². The highest BCUT2D eigenvalue weighted by Gasteiger charge is 2.38. The zero-order valence-corrected chi connectivity index (χ0v) is 22.7. The van der Waals surface area contributed by atoms with Crippen molar-refractivity contribution in [1.82, 2.24) is 19.5 Å². The van der Waals surface area contributed by atoms with E-state index in [0.717, 1.165) is 65.1 Å². The van der Waals surface area contributed by atoms with E-state index in [0.29, 0.717) is 16.5 Å². The van der Waals surface area contributed by atoms with Gasteiger partial charge in [0.05, 0.1) is 16.4 Å². The Morgan fingerprint density at radius 2 is 1.91 bits per heavy atom. The fourth-order valence-corrected chi connectivity index (χ4v) is 6.33. The predicted octanol–water partition coefficient (Wildman–Crippen LogP) is 7.29. The van der Waals surface area contributed by atoms with Crippen molar-refractivity contribution in [3.05, 3.63) is 46.0 Å². The zero-order valence-electron chi connectivity index (χ0n) is 20.4. The van der Waals surface area contributed by atoms with Gasteiger partial charge in [-0.15, -0.1) is 0 Å². The summed E-state index contributed by atoms with van der Waals surface area (Å²) in [5.41, 5.74) is 3.06. The van der Waals surface area contributed by atoms with Gasteiger partial charge in [0.2, 0.25) is 0 Å². The van der Waals surface area contributed by atoms with Crippen LogP contribution in [0.5, 0.6) is 0 Å². The largest absolute Gasteiger partial charge is 0.367 e. The predicted molar refractivity (Wildman–Crippen MR) is 145 cm³/mol. The molecule has 1 saturated carbocycles. The minimum absolute atomic E-state index is 0.424. The maximum atomic E-state index is 6.49. The number of nitrogens with zero attached hydrogens (tertiary/aromatic N) is 4. The lowest BCUT2D eigenvalue weighted by Crippen LogP contribution is -2.44. The summed E-state index contributed by atoms with van der Waals surface area (Å²) >= 11 is 10.1. The quantitative estimate of drug-likeness (QED) is 0.354. The van der Waals surface area contributed by atoms with Gasteiger partial charge in [-0.1, -0.05) is 57.0 Å². The first-order chi connectivity index (χ1) is 16.4. The van der Waals surface area contributed by atoms with E-state index in [9.17, 15) is 0 Å². The number of nitrogens with one attached hydrogen (secondary N) is 1. The lowest BCUT2D eigenvalue weighted by Gasteiger charge is -2.37. The summed E-state index contributed by atoms with van der Waals surface area (Å²) in [5, 5.41) is 9.05. The second-order valence-electron chi connectivity index (χ2n) is 10.7. The van der Waals surface area contributed by atoms with E-state index in [1.807, 2.05) is 28.8 Å². The highest BCUT2D eigenvalue weighted by molar-refractivity contribution is 9.10. The van der Waals surface area contributed by atoms with Gasteiger partial charge in [0.25, 0.3) is 0 Å². The van der Waals surface area contributed by atoms with Crippen LogP contribution in [0.4, 0.5) is 5.82 Å². The van der Waals surface area contributed by atoms with Crippen molar-refractivity contribution in [3.8, 4) is 11.3 Å². The maximum absolute atomic E-state index is 6.49. The summed E-state index contributed by atoms with van der Waals surface area (Å²) in [4.78, 5) is 7.59. The molecule has 182 valence electrons. The smallest absolute Gasteiger partial charge is 0.172 e. The molecule has 1 aliphatic heterocycles. The van der Waals surface area contributed by atoms with Crippen molar-refractivity contribution in [2.24, 2.45) is 11.3 Å². The molecule has 1 saturated heterocycles. The lowest BCUT2D eigenvalue weighted by atomic mass is 9.76.